The smallest absolute Gasteiger partial charge is 0.219 e. The van der Waals surface area contributed by atoms with Gasteiger partial charge in [-0.15, -0.1) is 0 Å². The number of hydrogen-bond acceptors (Lipinski definition) is 2. The molecule has 1 aliphatic heterocycles. The number of hydrogen-bond donors (Lipinski definition) is 0. The summed E-state index contributed by atoms with van der Waals surface area (Å²) in [4.78, 5) is 15.4. The van der Waals surface area contributed by atoms with Crippen molar-refractivity contribution in [3.05, 3.63) is 0 Å². The zero-order valence-corrected chi connectivity index (χ0v) is 8.21. The first-order valence-electron chi connectivity index (χ1n) is 4.61. The Morgan fingerprint density at radius 2 is 2.33 bits per heavy atom. The number of likely N-dealkylation sites (N-methyl/N-ethyl adjacent to an activating group) is 2. The van der Waals surface area contributed by atoms with E-state index in [-0.39, 0.29) is 5.91 Å². The predicted molar refractivity (Wildman–Crippen MR) is 49.0 cm³/mol. The Morgan fingerprint density at radius 1 is 1.67 bits per heavy atom. The molecular weight excluding hydrogens is 152 g/mol. The molecule has 0 radical (unpaired) electrons. The van der Waals surface area contributed by atoms with Crippen LogP contribution in [0.15, 0.2) is 0 Å². The molecule has 3 nitrogen and oxygen atoms in total. The number of nitrogens with zero attached hydrogens (tertiary/aromatic N) is 2. The molecule has 1 atom stereocenters. The summed E-state index contributed by atoms with van der Waals surface area (Å²) < 4.78 is 0. The van der Waals surface area contributed by atoms with Crippen molar-refractivity contribution in [3.8, 4) is 0 Å². The highest BCUT2D eigenvalue weighted by molar-refractivity contribution is 5.73. The SMILES string of the molecule is CCN(C(C)=O)[C@@H]1CCN(C)C1. The Kier molecular flexibility index (Phi) is 3.09. The minimum absolute atomic E-state index is 0.206. The normalized spacial score (nSPS) is 24.4. The van der Waals surface area contributed by atoms with Gasteiger partial charge in [0.1, 0.15) is 0 Å². The number of likely N-dealkylation sites (tertiary alicyclic amines) is 1. The summed E-state index contributed by atoms with van der Waals surface area (Å²) in [5, 5.41) is 0. The summed E-state index contributed by atoms with van der Waals surface area (Å²) in [6.07, 6.45) is 1.13. The zero-order chi connectivity index (χ0) is 9.14. The van der Waals surface area contributed by atoms with E-state index in [2.05, 4.69) is 11.9 Å². The second kappa shape index (κ2) is 3.90. The summed E-state index contributed by atoms with van der Waals surface area (Å²) in [7, 11) is 2.11. The fourth-order valence-corrected chi connectivity index (χ4v) is 1.90. The lowest BCUT2D eigenvalue weighted by molar-refractivity contribution is -0.130. The number of carbonyl (C=O) groups excluding carboxylic acids is 1. The van der Waals surface area contributed by atoms with Gasteiger partial charge < -0.3 is 9.80 Å². The Bertz CT molecular complexity index is 170. The highest BCUT2D eigenvalue weighted by atomic mass is 16.2. The molecule has 0 bridgehead atoms. The Hall–Kier alpha value is -0.570. The van der Waals surface area contributed by atoms with Crippen LogP contribution in [0.1, 0.15) is 20.3 Å². The molecule has 3 heteroatoms. The van der Waals surface area contributed by atoms with E-state index in [4.69, 9.17) is 0 Å². The average Bonchev–Trinajstić information content (AvgIpc) is 2.37. The van der Waals surface area contributed by atoms with E-state index in [0.717, 1.165) is 26.1 Å². The fourth-order valence-electron chi connectivity index (χ4n) is 1.90. The van der Waals surface area contributed by atoms with Gasteiger partial charge >= 0.3 is 0 Å². The molecule has 0 aliphatic carbocycles. The first-order chi connectivity index (χ1) is 5.65. The van der Waals surface area contributed by atoms with Gasteiger partial charge in [-0.3, -0.25) is 4.79 Å². The molecule has 12 heavy (non-hydrogen) atoms. The minimum Gasteiger partial charge on any atom is -0.339 e. The largest absolute Gasteiger partial charge is 0.339 e. The van der Waals surface area contributed by atoms with Crippen LogP contribution in [0.5, 0.6) is 0 Å². The van der Waals surface area contributed by atoms with Gasteiger partial charge in [-0.2, -0.15) is 0 Å². The van der Waals surface area contributed by atoms with Crippen molar-refractivity contribution in [1.29, 1.82) is 0 Å². The monoisotopic (exact) mass is 170 g/mol. The molecule has 1 saturated heterocycles. The van der Waals surface area contributed by atoms with Crippen LogP contribution >= 0.6 is 0 Å². The third-order valence-corrected chi connectivity index (χ3v) is 2.55. The number of rotatable bonds is 2. The van der Waals surface area contributed by atoms with Crippen LogP contribution in [0.3, 0.4) is 0 Å². The van der Waals surface area contributed by atoms with Gasteiger partial charge in [0.15, 0.2) is 0 Å². The highest BCUT2D eigenvalue weighted by Crippen LogP contribution is 2.13. The van der Waals surface area contributed by atoms with Crippen LogP contribution < -0.4 is 0 Å². The Labute approximate surface area is 74.3 Å². The molecule has 1 aliphatic rings. The third kappa shape index (κ3) is 1.97. The van der Waals surface area contributed by atoms with Gasteiger partial charge in [0.25, 0.3) is 0 Å². The molecule has 0 spiro atoms. The Balaban J connectivity index is 2.49. The summed E-state index contributed by atoms with van der Waals surface area (Å²) in [6.45, 7) is 6.69. The van der Waals surface area contributed by atoms with E-state index < -0.39 is 0 Å². The molecule has 0 aromatic carbocycles. The maximum absolute atomic E-state index is 11.2. The zero-order valence-electron chi connectivity index (χ0n) is 8.21. The Morgan fingerprint density at radius 3 is 2.67 bits per heavy atom. The van der Waals surface area contributed by atoms with Crippen LogP contribution in [-0.2, 0) is 4.79 Å². The van der Waals surface area contributed by atoms with Crippen LogP contribution in [0.25, 0.3) is 0 Å². The van der Waals surface area contributed by atoms with Crippen molar-refractivity contribution < 1.29 is 4.79 Å². The molecule has 0 unspecified atom stereocenters. The third-order valence-electron chi connectivity index (χ3n) is 2.55. The van der Waals surface area contributed by atoms with E-state index in [1.165, 1.54) is 0 Å². The predicted octanol–water partition coefficient (Wildman–Crippen LogP) is 0.559. The maximum Gasteiger partial charge on any atom is 0.219 e. The molecule has 0 saturated carbocycles. The van der Waals surface area contributed by atoms with Crippen molar-refractivity contribution >= 4 is 5.91 Å². The molecule has 1 rings (SSSR count). The van der Waals surface area contributed by atoms with E-state index in [1.807, 2.05) is 11.8 Å². The van der Waals surface area contributed by atoms with Gasteiger partial charge in [-0.25, -0.2) is 0 Å². The lowest BCUT2D eigenvalue weighted by Gasteiger charge is -2.26. The molecule has 1 amide bonds. The highest BCUT2D eigenvalue weighted by Gasteiger charge is 2.25. The van der Waals surface area contributed by atoms with Crippen molar-refractivity contribution in [3.63, 3.8) is 0 Å². The first kappa shape index (κ1) is 9.52. The van der Waals surface area contributed by atoms with Gasteiger partial charge in [0.05, 0.1) is 0 Å². The van der Waals surface area contributed by atoms with E-state index >= 15 is 0 Å². The van der Waals surface area contributed by atoms with E-state index in [1.54, 1.807) is 6.92 Å². The fraction of sp³-hybridized carbons (Fsp3) is 0.889. The van der Waals surface area contributed by atoms with Crippen LogP contribution in [0.2, 0.25) is 0 Å². The molecule has 1 heterocycles. The molecule has 70 valence electrons. The van der Waals surface area contributed by atoms with E-state index in [9.17, 15) is 4.79 Å². The molecular formula is C9H18N2O. The van der Waals surface area contributed by atoms with Crippen molar-refractivity contribution in [2.45, 2.75) is 26.3 Å². The van der Waals surface area contributed by atoms with Crippen LogP contribution in [-0.4, -0.2) is 48.4 Å². The summed E-state index contributed by atoms with van der Waals surface area (Å²) in [5.74, 6) is 0.206. The topological polar surface area (TPSA) is 23.6 Å². The van der Waals surface area contributed by atoms with Gasteiger partial charge in [-0.05, 0) is 26.9 Å². The second-order valence-electron chi connectivity index (χ2n) is 3.51. The van der Waals surface area contributed by atoms with Crippen molar-refractivity contribution in [2.75, 3.05) is 26.7 Å². The summed E-state index contributed by atoms with van der Waals surface area (Å²) in [6, 6.07) is 0.456. The van der Waals surface area contributed by atoms with Crippen molar-refractivity contribution in [1.82, 2.24) is 9.80 Å². The second-order valence-corrected chi connectivity index (χ2v) is 3.51. The van der Waals surface area contributed by atoms with Crippen molar-refractivity contribution in [2.24, 2.45) is 0 Å². The lowest BCUT2D eigenvalue weighted by atomic mass is 10.2. The average molecular weight is 170 g/mol. The quantitative estimate of drug-likeness (QED) is 0.604. The van der Waals surface area contributed by atoms with Crippen LogP contribution in [0.4, 0.5) is 0 Å². The molecule has 0 N–H and O–H groups in total. The number of amides is 1. The molecule has 1 fully saturated rings. The molecule has 0 aromatic rings. The van der Waals surface area contributed by atoms with Crippen LogP contribution in [0, 0.1) is 0 Å². The standard InChI is InChI=1S/C9H18N2O/c1-4-11(8(2)12)9-5-6-10(3)7-9/h9H,4-7H2,1-3H3/t9-/m1/s1. The van der Waals surface area contributed by atoms with Gasteiger partial charge in [0, 0.05) is 26.1 Å². The van der Waals surface area contributed by atoms with Gasteiger partial charge in [0.2, 0.25) is 5.91 Å². The summed E-state index contributed by atoms with van der Waals surface area (Å²) in [5.41, 5.74) is 0. The summed E-state index contributed by atoms with van der Waals surface area (Å²) >= 11 is 0. The van der Waals surface area contributed by atoms with Gasteiger partial charge in [-0.1, -0.05) is 0 Å². The molecule has 0 aromatic heterocycles. The first-order valence-corrected chi connectivity index (χ1v) is 4.61. The minimum atomic E-state index is 0.206. The van der Waals surface area contributed by atoms with E-state index in [0.29, 0.717) is 6.04 Å². The maximum atomic E-state index is 11.2. The lowest BCUT2D eigenvalue weighted by Crippen LogP contribution is -2.40. The number of carbonyl (C=O) groups is 1.